The summed E-state index contributed by atoms with van der Waals surface area (Å²) >= 11 is 0. The van der Waals surface area contributed by atoms with E-state index in [1.54, 1.807) is 6.92 Å². The molecule has 5 nitrogen and oxygen atoms in total. The number of nitrogens with zero attached hydrogens (tertiary/aromatic N) is 1. The number of primary amides is 1. The van der Waals surface area contributed by atoms with Gasteiger partial charge in [-0.15, -0.1) is 0 Å². The number of carbonyl (C=O) groups is 2. The van der Waals surface area contributed by atoms with Gasteiger partial charge in [-0.1, -0.05) is 0 Å². The molecule has 0 aromatic heterocycles. The van der Waals surface area contributed by atoms with E-state index in [-0.39, 0.29) is 12.0 Å². The summed E-state index contributed by atoms with van der Waals surface area (Å²) in [5.74, 6) is -3.85. The van der Waals surface area contributed by atoms with Crippen molar-refractivity contribution in [3.05, 3.63) is 29.3 Å². The Morgan fingerprint density at radius 2 is 2.00 bits per heavy atom. The van der Waals surface area contributed by atoms with Gasteiger partial charge in [0.05, 0.1) is 12.7 Å². The predicted molar refractivity (Wildman–Crippen MR) is 68.3 cm³/mol. The van der Waals surface area contributed by atoms with Crippen LogP contribution >= 0.6 is 0 Å². The Morgan fingerprint density at radius 1 is 1.40 bits per heavy atom. The maximum absolute atomic E-state index is 14.0. The summed E-state index contributed by atoms with van der Waals surface area (Å²) in [4.78, 5) is 24.1. The molecule has 0 aliphatic rings. The van der Waals surface area contributed by atoms with Crippen molar-refractivity contribution in [2.24, 2.45) is 5.73 Å². The molecule has 110 valence electrons. The van der Waals surface area contributed by atoms with Crippen molar-refractivity contribution in [1.29, 1.82) is 0 Å². The van der Waals surface area contributed by atoms with Gasteiger partial charge in [-0.25, -0.2) is 8.78 Å². The Kier molecular flexibility index (Phi) is 5.01. The Balaban J connectivity index is 3.06. The lowest BCUT2D eigenvalue weighted by Gasteiger charge is -2.24. The molecule has 0 aliphatic heterocycles. The van der Waals surface area contributed by atoms with Crippen LogP contribution in [0.4, 0.5) is 8.78 Å². The lowest BCUT2D eigenvalue weighted by molar-refractivity contribution is -0.118. The molecular formula is C13H16F2N2O3. The number of hydrogen-bond acceptors (Lipinski definition) is 3. The standard InChI is InChI=1S/C13H16F2N2O3/c1-7(6-10(16)18)17(2)13(19)8-4-5-9(14)12(20-3)11(8)15/h4-5,7H,6H2,1-3H3,(H2,16,18). The molecule has 1 aromatic rings. The fraction of sp³-hybridized carbons (Fsp3) is 0.385. The summed E-state index contributed by atoms with van der Waals surface area (Å²) < 4.78 is 31.8. The average Bonchev–Trinajstić information content (AvgIpc) is 2.37. The molecule has 1 unspecified atom stereocenters. The van der Waals surface area contributed by atoms with Gasteiger partial charge in [-0.05, 0) is 19.1 Å². The summed E-state index contributed by atoms with van der Waals surface area (Å²) in [5, 5.41) is 0. The zero-order valence-electron chi connectivity index (χ0n) is 11.4. The van der Waals surface area contributed by atoms with Crippen molar-refractivity contribution < 1.29 is 23.1 Å². The van der Waals surface area contributed by atoms with E-state index in [2.05, 4.69) is 4.74 Å². The third kappa shape index (κ3) is 3.23. The zero-order chi connectivity index (χ0) is 15.4. The van der Waals surface area contributed by atoms with Crippen LogP contribution in [-0.4, -0.2) is 36.9 Å². The van der Waals surface area contributed by atoms with Crippen molar-refractivity contribution in [2.75, 3.05) is 14.2 Å². The third-order valence-corrected chi connectivity index (χ3v) is 2.96. The first-order valence-electron chi connectivity index (χ1n) is 5.87. The fourth-order valence-electron chi connectivity index (χ4n) is 1.70. The largest absolute Gasteiger partial charge is 0.491 e. The summed E-state index contributed by atoms with van der Waals surface area (Å²) in [5.41, 5.74) is 4.71. The molecular weight excluding hydrogens is 270 g/mol. The second-order valence-corrected chi connectivity index (χ2v) is 4.38. The van der Waals surface area contributed by atoms with E-state index >= 15 is 0 Å². The molecule has 1 atom stereocenters. The van der Waals surface area contributed by atoms with Crippen LogP contribution in [0.2, 0.25) is 0 Å². The number of halogens is 2. The van der Waals surface area contributed by atoms with Gasteiger partial charge in [-0.3, -0.25) is 9.59 Å². The maximum Gasteiger partial charge on any atom is 0.256 e. The number of methoxy groups -OCH3 is 1. The van der Waals surface area contributed by atoms with E-state index in [4.69, 9.17) is 5.73 Å². The van der Waals surface area contributed by atoms with E-state index in [9.17, 15) is 18.4 Å². The number of benzene rings is 1. The second kappa shape index (κ2) is 6.31. The number of hydrogen-bond donors (Lipinski definition) is 1. The van der Waals surface area contributed by atoms with Gasteiger partial charge in [0.15, 0.2) is 17.4 Å². The minimum atomic E-state index is -1.07. The molecule has 0 fully saturated rings. The fourth-order valence-corrected chi connectivity index (χ4v) is 1.70. The molecule has 1 rings (SSSR count). The van der Waals surface area contributed by atoms with Crippen molar-refractivity contribution in [3.63, 3.8) is 0 Å². The summed E-state index contributed by atoms with van der Waals surface area (Å²) in [6.07, 6.45) is -0.0534. The SMILES string of the molecule is COc1c(F)ccc(C(=O)N(C)C(C)CC(N)=O)c1F. The highest BCUT2D eigenvalue weighted by molar-refractivity contribution is 5.95. The zero-order valence-corrected chi connectivity index (χ0v) is 11.4. The van der Waals surface area contributed by atoms with E-state index in [0.29, 0.717) is 0 Å². The molecule has 0 heterocycles. The second-order valence-electron chi connectivity index (χ2n) is 4.38. The molecule has 0 saturated heterocycles. The van der Waals surface area contributed by atoms with Crippen molar-refractivity contribution in [2.45, 2.75) is 19.4 Å². The van der Waals surface area contributed by atoms with Crippen molar-refractivity contribution in [1.82, 2.24) is 4.90 Å². The Bertz CT molecular complexity index is 535. The maximum atomic E-state index is 14.0. The van der Waals surface area contributed by atoms with Gasteiger partial charge >= 0.3 is 0 Å². The first-order chi connectivity index (χ1) is 9.29. The highest BCUT2D eigenvalue weighted by Gasteiger charge is 2.24. The first-order valence-corrected chi connectivity index (χ1v) is 5.87. The number of amides is 2. The number of rotatable bonds is 5. The van der Waals surface area contributed by atoms with Crippen LogP contribution in [0.3, 0.4) is 0 Å². The van der Waals surface area contributed by atoms with Gasteiger partial charge in [0.2, 0.25) is 5.91 Å². The molecule has 20 heavy (non-hydrogen) atoms. The number of ether oxygens (including phenoxy) is 1. The van der Waals surface area contributed by atoms with E-state index < -0.39 is 35.2 Å². The molecule has 2 N–H and O–H groups in total. The number of nitrogens with two attached hydrogens (primary N) is 1. The molecule has 7 heteroatoms. The van der Waals surface area contributed by atoms with Gasteiger partial charge in [-0.2, -0.15) is 0 Å². The lowest BCUT2D eigenvalue weighted by Crippen LogP contribution is -2.38. The van der Waals surface area contributed by atoms with Crippen LogP contribution in [0, 0.1) is 11.6 Å². The summed E-state index contributed by atoms with van der Waals surface area (Å²) in [6, 6.07) is 1.47. The van der Waals surface area contributed by atoms with Gasteiger partial charge in [0.1, 0.15) is 0 Å². The molecule has 1 aromatic carbocycles. The first kappa shape index (κ1) is 15.9. The van der Waals surface area contributed by atoms with Crippen LogP contribution < -0.4 is 10.5 Å². The van der Waals surface area contributed by atoms with Gasteiger partial charge in [0, 0.05) is 19.5 Å². The smallest absolute Gasteiger partial charge is 0.256 e. The molecule has 0 saturated carbocycles. The Labute approximate surface area is 115 Å². The van der Waals surface area contributed by atoms with E-state index in [1.807, 2.05) is 0 Å². The highest BCUT2D eigenvalue weighted by atomic mass is 19.1. The van der Waals surface area contributed by atoms with Crippen LogP contribution in [0.15, 0.2) is 12.1 Å². The van der Waals surface area contributed by atoms with Gasteiger partial charge in [0.25, 0.3) is 5.91 Å². The van der Waals surface area contributed by atoms with Crippen LogP contribution in [0.1, 0.15) is 23.7 Å². The highest BCUT2D eigenvalue weighted by Crippen LogP contribution is 2.25. The third-order valence-electron chi connectivity index (χ3n) is 2.96. The van der Waals surface area contributed by atoms with Gasteiger partial charge < -0.3 is 15.4 Å². The molecule has 2 amide bonds. The predicted octanol–water partition coefficient (Wildman–Crippen LogP) is 1.31. The van der Waals surface area contributed by atoms with Crippen LogP contribution in [0.25, 0.3) is 0 Å². The van der Waals surface area contributed by atoms with Crippen LogP contribution in [0.5, 0.6) is 5.75 Å². The monoisotopic (exact) mass is 286 g/mol. The minimum Gasteiger partial charge on any atom is -0.491 e. The lowest BCUT2D eigenvalue weighted by atomic mass is 10.1. The normalized spacial score (nSPS) is 11.8. The Hall–Kier alpha value is -2.18. The topological polar surface area (TPSA) is 72.6 Å². The van der Waals surface area contributed by atoms with E-state index in [0.717, 1.165) is 19.2 Å². The van der Waals surface area contributed by atoms with Crippen molar-refractivity contribution >= 4 is 11.8 Å². The molecule has 0 radical (unpaired) electrons. The average molecular weight is 286 g/mol. The minimum absolute atomic E-state index is 0.0534. The number of carbonyl (C=O) groups excluding carboxylic acids is 2. The van der Waals surface area contributed by atoms with Crippen molar-refractivity contribution in [3.8, 4) is 5.75 Å². The Morgan fingerprint density at radius 3 is 2.50 bits per heavy atom. The van der Waals surface area contributed by atoms with E-state index in [1.165, 1.54) is 11.9 Å². The van der Waals surface area contributed by atoms with Crippen LogP contribution in [-0.2, 0) is 4.79 Å². The summed E-state index contributed by atoms with van der Waals surface area (Å²) in [7, 11) is 2.51. The quantitative estimate of drug-likeness (QED) is 0.887. The molecule has 0 aliphatic carbocycles. The molecule has 0 spiro atoms. The summed E-state index contributed by atoms with van der Waals surface area (Å²) in [6.45, 7) is 1.60. The molecule has 0 bridgehead atoms.